The summed E-state index contributed by atoms with van der Waals surface area (Å²) in [5, 5.41) is 1.11. The first-order valence-electron chi connectivity index (χ1n) is 6.21. The molecule has 1 atom stereocenters. The Balaban J connectivity index is 2.31. The number of hydrazine groups is 1. The van der Waals surface area contributed by atoms with Crippen LogP contribution in [-0.4, -0.2) is 4.98 Å². The number of para-hydroxylation sites is 1. The van der Waals surface area contributed by atoms with E-state index in [4.69, 9.17) is 12.3 Å². The molecule has 0 saturated heterocycles. The van der Waals surface area contributed by atoms with Crippen LogP contribution in [0.1, 0.15) is 31.0 Å². The molecule has 0 saturated carbocycles. The zero-order valence-electron chi connectivity index (χ0n) is 10.6. The van der Waals surface area contributed by atoms with Crippen LogP contribution < -0.4 is 11.3 Å². The number of pyridine rings is 1. The third-order valence-corrected chi connectivity index (χ3v) is 3.68. The van der Waals surface area contributed by atoms with Gasteiger partial charge in [-0.2, -0.15) is 0 Å². The summed E-state index contributed by atoms with van der Waals surface area (Å²) in [5.41, 5.74) is 4.72. The van der Waals surface area contributed by atoms with Gasteiger partial charge in [0.25, 0.3) is 0 Å². The van der Waals surface area contributed by atoms with E-state index in [0.29, 0.717) is 0 Å². The molecule has 1 aromatic heterocycles. The zero-order chi connectivity index (χ0) is 13.7. The van der Waals surface area contributed by atoms with Gasteiger partial charge in [0, 0.05) is 16.3 Å². The summed E-state index contributed by atoms with van der Waals surface area (Å²) in [6, 6.07) is 10.1. The maximum Gasteiger partial charge on any atom is 0.0736 e. The van der Waals surface area contributed by atoms with Crippen LogP contribution in [0.2, 0.25) is 0 Å². The molecule has 0 spiro atoms. The van der Waals surface area contributed by atoms with E-state index in [1.807, 2.05) is 24.3 Å². The number of hydrogen-bond donors (Lipinski definition) is 2. The van der Waals surface area contributed by atoms with Crippen molar-refractivity contribution in [3.8, 4) is 12.3 Å². The van der Waals surface area contributed by atoms with Gasteiger partial charge in [-0.1, -0.05) is 18.2 Å². The van der Waals surface area contributed by atoms with E-state index in [0.717, 1.165) is 40.3 Å². The van der Waals surface area contributed by atoms with Crippen molar-refractivity contribution in [2.24, 2.45) is 5.84 Å². The van der Waals surface area contributed by atoms with E-state index in [-0.39, 0.29) is 6.04 Å². The highest BCUT2D eigenvalue weighted by Gasteiger charge is 2.15. The molecule has 0 aliphatic heterocycles. The Bertz CT molecular complexity index is 604. The number of hydrogen-bond acceptors (Lipinski definition) is 3. The van der Waals surface area contributed by atoms with Crippen LogP contribution in [-0.2, 0) is 0 Å². The lowest BCUT2D eigenvalue weighted by molar-refractivity contribution is 0.491. The van der Waals surface area contributed by atoms with E-state index in [1.54, 1.807) is 0 Å². The molecule has 98 valence electrons. The number of benzene rings is 1. The summed E-state index contributed by atoms with van der Waals surface area (Å²) in [5.74, 6) is 8.28. The minimum Gasteiger partial charge on any atom is -0.271 e. The molecule has 2 aromatic rings. The second-order valence-electron chi connectivity index (χ2n) is 4.36. The lowest BCUT2D eigenvalue weighted by Gasteiger charge is -2.17. The first-order valence-corrected chi connectivity index (χ1v) is 7.00. The predicted octanol–water partition coefficient (Wildman–Crippen LogP) is 3.31. The highest BCUT2D eigenvalue weighted by atomic mass is 79.9. The van der Waals surface area contributed by atoms with Gasteiger partial charge in [-0.15, -0.1) is 12.3 Å². The Kier molecular flexibility index (Phi) is 4.92. The Morgan fingerprint density at radius 2 is 2.21 bits per heavy atom. The molecule has 3 N–H and O–H groups in total. The van der Waals surface area contributed by atoms with E-state index < -0.39 is 0 Å². The zero-order valence-corrected chi connectivity index (χ0v) is 12.2. The minimum atomic E-state index is 0.00679. The predicted molar refractivity (Wildman–Crippen MR) is 82.2 cm³/mol. The standard InChI is InChI=1S/C15H16BrN3/c1-2-3-4-9-14(19-17)15-12(16)10-11-7-5-6-8-13(11)18-15/h1,5-8,10,14,19H,3-4,9,17H2. The molecule has 1 heterocycles. The molecular formula is C15H16BrN3. The molecule has 19 heavy (non-hydrogen) atoms. The number of terminal acetylenes is 1. The Morgan fingerprint density at radius 1 is 1.42 bits per heavy atom. The summed E-state index contributed by atoms with van der Waals surface area (Å²) in [4.78, 5) is 4.68. The number of aromatic nitrogens is 1. The largest absolute Gasteiger partial charge is 0.271 e. The van der Waals surface area contributed by atoms with Gasteiger partial charge in [-0.3, -0.25) is 11.3 Å². The van der Waals surface area contributed by atoms with Crippen LogP contribution in [0.15, 0.2) is 34.8 Å². The number of fused-ring (bicyclic) bond motifs is 1. The highest BCUT2D eigenvalue weighted by molar-refractivity contribution is 9.10. The van der Waals surface area contributed by atoms with Crippen LogP contribution in [0.5, 0.6) is 0 Å². The fourth-order valence-electron chi connectivity index (χ4n) is 2.06. The van der Waals surface area contributed by atoms with Gasteiger partial charge in [0.1, 0.15) is 0 Å². The second kappa shape index (κ2) is 6.67. The molecule has 0 fully saturated rings. The van der Waals surface area contributed by atoms with Crippen LogP contribution >= 0.6 is 15.9 Å². The summed E-state index contributed by atoms with van der Waals surface area (Å²) < 4.78 is 0.967. The molecule has 0 radical (unpaired) electrons. The number of nitrogens with one attached hydrogen (secondary N) is 1. The topological polar surface area (TPSA) is 50.9 Å². The number of nitrogens with zero attached hydrogens (tertiary/aromatic N) is 1. The van der Waals surface area contributed by atoms with Gasteiger partial charge >= 0.3 is 0 Å². The first-order chi connectivity index (χ1) is 9.26. The Morgan fingerprint density at radius 3 is 2.95 bits per heavy atom. The summed E-state index contributed by atoms with van der Waals surface area (Å²) in [7, 11) is 0. The Hall–Kier alpha value is -1.41. The van der Waals surface area contributed by atoms with Crippen molar-refractivity contribution in [2.75, 3.05) is 0 Å². The second-order valence-corrected chi connectivity index (χ2v) is 5.22. The molecule has 2 rings (SSSR count). The van der Waals surface area contributed by atoms with Gasteiger partial charge in [-0.25, -0.2) is 4.98 Å². The van der Waals surface area contributed by atoms with Crippen LogP contribution in [0.3, 0.4) is 0 Å². The first kappa shape index (κ1) is 14.0. The molecule has 0 bridgehead atoms. The fraction of sp³-hybridized carbons (Fsp3) is 0.267. The van der Waals surface area contributed by atoms with E-state index >= 15 is 0 Å². The van der Waals surface area contributed by atoms with Gasteiger partial charge < -0.3 is 0 Å². The van der Waals surface area contributed by atoms with Crippen molar-refractivity contribution in [3.05, 3.63) is 40.5 Å². The SMILES string of the molecule is C#CCCCC(NN)c1nc2ccccc2cc1Br. The van der Waals surface area contributed by atoms with Gasteiger partial charge in [0.15, 0.2) is 0 Å². The van der Waals surface area contributed by atoms with Gasteiger partial charge in [0.05, 0.1) is 17.3 Å². The van der Waals surface area contributed by atoms with Gasteiger partial charge in [0.2, 0.25) is 0 Å². The number of halogens is 1. The molecule has 4 heteroatoms. The molecule has 0 amide bonds. The smallest absolute Gasteiger partial charge is 0.0736 e. The summed E-state index contributed by atoms with van der Waals surface area (Å²) in [6.45, 7) is 0. The monoisotopic (exact) mass is 317 g/mol. The average molecular weight is 318 g/mol. The number of unbranched alkanes of at least 4 members (excludes halogenated alkanes) is 1. The van der Waals surface area contributed by atoms with Crippen molar-refractivity contribution in [1.29, 1.82) is 0 Å². The molecule has 1 unspecified atom stereocenters. The maximum atomic E-state index is 5.64. The molecule has 3 nitrogen and oxygen atoms in total. The third kappa shape index (κ3) is 3.32. The lowest BCUT2D eigenvalue weighted by atomic mass is 10.1. The molecule has 0 aliphatic rings. The molecular weight excluding hydrogens is 302 g/mol. The summed E-state index contributed by atoms with van der Waals surface area (Å²) >= 11 is 3.57. The highest BCUT2D eigenvalue weighted by Crippen LogP contribution is 2.28. The average Bonchev–Trinajstić information content (AvgIpc) is 2.43. The van der Waals surface area contributed by atoms with E-state index in [2.05, 4.69) is 38.3 Å². The van der Waals surface area contributed by atoms with E-state index in [9.17, 15) is 0 Å². The van der Waals surface area contributed by atoms with Crippen LogP contribution in [0, 0.1) is 12.3 Å². The quantitative estimate of drug-likeness (QED) is 0.385. The van der Waals surface area contributed by atoms with Crippen LogP contribution in [0.4, 0.5) is 0 Å². The maximum absolute atomic E-state index is 5.64. The molecule has 1 aromatic carbocycles. The fourth-order valence-corrected chi connectivity index (χ4v) is 2.67. The van der Waals surface area contributed by atoms with E-state index in [1.165, 1.54) is 0 Å². The Labute approximate surface area is 121 Å². The molecule has 0 aliphatic carbocycles. The third-order valence-electron chi connectivity index (χ3n) is 3.05. The van der Waals surface area contributed by atoms with Crippen molar-refractivity contribution in [3.63, 3.8) is 0 Å². The van der Waals surface area contributed by atoms with Crippen LogP contribution in [0.25, 0.3) is 10.9 Å². The lowest BCUT2D eigenvalue weighted by Crippen LogP contribution is -2.29. The minimum absolute atomic E-state index is 0.00679. The van der Waals surface area contributed by atoms with Crippen molar-refractivity contribution < 1.29 is 0 Å². The summed E-state index contributed by atoms with van der Waals surface area (Å²) in [6.07, 6.45) is 7.81. The van der Waals surface area contributed by atoms with Gasteiger partial charge in [-0.05, 0) is 40.9 Å². The van der Waals surface area contributed by atoms with Crippen molar-refractivity contribution in [2.45, 2.75) is 25.3 Å². The normalized spacial score (nSPS) is 12.3. The van der Waals surface area contributed by atoms with Crippen molar-refractivity contribution >= 4 is 26.8 Å². The number of rotatable bonds is 5. The number of nitrogens with two attached hydrogens (primary N) is 1. The van der Waals surface area contributed by atoms with Crippen molar-refractivity contribution in [1.82, 2.24) is 10.4 Å².